The van der Waals surface area contributed by atoms with E-state index in [2.05, 4.69) is 28.3 Å². The van der Waals surface area contributed by atoms with Crippen LogP contribution < -0.4 is 10.0 Å². The van der Waals surface area contributed by atoms with Crippen molar-refractivity contribution >= 4 is 33.0 Å². The fourth-order valence-corrected chi connectivity index (χ4v) is 6.07. The first kappa shape index (κ1) is 21.1. The van der Waals surface area contributed by atoms with E-state index in [0.29, 0.717) is 11.6 Å². The van der Waals surface area contributed by atoms with Gasteiger partial charge in [0.25, 0.3) is 10.0 Å². The Bertz CT molecular complexity index is 1330. The van der Waals surface area contributed by atoms with Crippen LogP contribution in [0.25, 0.3) is 0 Å². The third kappa shape index (κ3) is 3.80. The number of allylic oxidation sites excluding steroid dienone is 2. The molecule has 3 unspecified atom stereocenters. The summed E-state index contributed by atoms with van der Waals surface area (Å²) in [7, 11) is -3.70. The molecule has 0 aromatic heterocycles. The number of benzene rings is 3. The number of hydrogen-bond donors (Lipinski definition) is 2. The number of fused-ring (bicyclic) bond motifs is 3. The molecule has 3 atom stereocenters. The lowest BCUT2D eigenvalue weighted by Crippen LogP contribution is -2.29. The Morgan fingerprint density at radius 3 is 2.62 bits per heavy atom. The molecule has 0 spiro atoms. The number of rotatable bonds is 4. The van der Waals surface area contributed by atoms with Gasteiger partial charge in [-0.2, -0.15) is 0 Å². The highest BCUT2D eigenvalue weighted by atomic mass is 35.5. The molecule has 2 aliphatic rings. The van der Waals surface area contributed by atoms with E-state index < -0.39 is 10.0 Å². The minimum Gasteiger partial charge on any atom is -0.378 e. The lowest BCUT2D eigenvalue weighted by Gasteiger charge is -2.37. The summed E-state index contributed by atoms with van der Waals surface area (Å²) in [6.07, 6.45) is 5.33. The normalized spacial score (nSPS) is 21.5. The van der Waals surface area contributed by atoms with E-state index in [0.717, 1.165) is 39.4 Å². The fourth-order valence-electron chi connectivity index (χ4n) is 4.79. The van der Waals surface area contributed by atoms with Gasteiger partial charge in [0.2, 0.25) is 0 Å². The van der Waals surface area contributed by atoms with E-state index in [1.807, 2.05) is 56.3 Å². The lowest BCUT2D eigenvalue weighted by atomic mass is 9.77. The van der Waals surface area contributed by atoms with Crippen LogP contribution in [-0.4, -0.2) is 8.42 Å². The van der Waals surface area contributed by atoms with Gasteiger partial charge in [0.15, 0.2) is 0 Å². The molecule has 6 heteroatoms. The Hall–Kier alpha value is -2.76. The van der Waals surface area contributed by atoms with E-state index in [-0.39, 0.29) is 16.9 Å². The molecular formula is C26H25ClN2O2S. The third-order valence-corrected chi connectivity index (χ3v) is 8.23. The number of halogens is 1. The molecule has 0 saturated heterocycles. The molecule has 164 valence electrons. The molecule has 0 bridgehead atoms. The second-order valence-electron chi connectivity index (χ2n) is 8.68. The molecule has 2 N–H and O–H groups in total. The van der Waals surface area contributed by atoms with Gasteiger partial charge in [0.1, 0.15) is 0 Å². The summed E-state index contributed by atoms with van der Waals surface area (Å²) in [4.78, 5) is 0.275. The highest BCUT2D eigenvalue weighted by Gasteiger charge is 2.38. The molecule has 0 fully saturated rings. The van der Waals surface area contributed by atoms with Gasteiger partial charge in [0.05, 0.1) is 10.9 Å². The Morgan fingerprint density at radius 1 is 1.00 bits per heavy atom. The van der Waals surface area contributed by atoms with E-state index in [9.17, 15) is 8.42 Å². The number of sulfonamides is 1. The maximum atomic E-state index is 13.1. The smallest absolute Gasteiger partial charge is 0.261 e. The highest BCUT2D eigenvalue weighted by molar-refractivity contribution is 7.92. The van der Waals surface area contributed by atoms with Crippen molar-refractivity contribution in [1.82, 2.24) is 0 Å². The standard InChI is InChI=1S/C26H25ClN2O2S/c1-16-9-10-20(13-17(16)2)29-32(30,31)21-11-12-25-24(15-21)22-7-4-8-23(22)26(28-25)18-5-3-6-19(27)14-18/h3-7,9-15,22-23,26,28-29H,8H2,1-2H3. The number of hydrogen-bond acceptors (Lipinski definition) is 3. The fraction of sp³-hybridized carbons (Fsp3) is 0.231. The Labute approximate surface area is 194 Å². The summed E-state index contributed by atoms with van der Waals surface area (Å²) in [6.45, 7) is 3.98. The monoisotopic (exact) mass is 464 g/mol. The molecule has 1 aliphatic heterocycles. The molecule has 3 aromatic carbocycles. The number of nitrogens with one attached hydrogen (secondary N) is 2. The van der Waals surface area contributed by atoms with Gasteiger partial charge in [-0.1, -0.05) is 42.0 Å². The summed E-state index contributed by atoms with van der Waals surface area (Å²) in [5, 5.41) is 4.36. The maximum absolute atomic E-state index is 13.1. The van der Waals surface area contributed by atoms with E-state index in [4.69, 9.17) is 11.6 Å². The van der Waals surface area contributed by atoms with Gasteiger partial charge < -0.3 is 5.32 Å². The average molecular weight is 465 g/mol. The minimum atomic E-state index is -3.70. The van der Waals surface area contributed by atoms with Crippen LogP contribution in [0.1, 0.15) is 40.6 Å². The zero-order chi connectivity index (χ0) is 22.5. The van der Waals surface area contributed by atoms with Gasteiger partial charge in [-0.15, -0.1) is 0 Å². The molecule has 1 heterocycles. The second kappa shape index (κ2) is 7.98. The molecule has 4 nitrogen and oxygen atoms in total. The van der Waals surface area contributed by atoms with Crippen LogP contribution in [0.2, 0.25) is 5.02 Å². The van der Waals surface area contributed by atoms with Crippen molar-refractivity contribution in [2.24, 2.45) is 5.92 Å². The summed E-state index contributed by atoms with van der Waals surface area (Å²) < 4.78 is 29.0. The van der Waals surface area contributed by atoms with Crippen molar-refractivity contribution in [2.45, 2.75) is 37.1 Å². The summed E-state index contributed by atoms with van der Waals surface area (Å²) in [6, 6.07) is 19.0. The van der Waals surface area contributed by atoms with Crippen LogP contribution in [0.5, 0.6) is 0 Å². The molecule has 32 heavy (non-hydrogen) atoms. The zero-order valence-electron chi connectivity index (χ0n) is 18.0. The SMILES string of the molecule is Cc1ccc(NS(=O)(=O)c2ccc3c(c2)C2C=CCC2C(c2cccc(Cl)c2)N3)cc1C. The van der Waals surface area contributed by atoms with Gasteiger partial charge in [-0.25, -0.2) is 8.42 Å². The predicted octanol–water partition coefficient (Wildman–Crippen LogP) is 6.58. The molecular weight excluding hydrogens is 440 g/mol. The number of anilines is 2. The molecule has 0 amide bonds. The summed E-state index contributed by atoms with van der Waals surface area (Å²) in [5.41, 5.74) is 5.88. The van der Waals surface area contributed by atoms with Crippen molar-refractivity contribution in [3.63, 3.8) is 0 Å². The highest BCUT2D eigenvalue weighted by Crippen LogP contribution is 2.50. The predicted molar refractivity (Wildman–Crippen MR) is 131 cm³/mol. The van der Waals surface area contributed by atoms with Crippen molar-refractivity contribution in [3.8, 4) is 0 Å². The van der Waals surface area contributed by atoms with Gasteiger partial charge in [-0.05, 0) is 90.9 Å². The lowest BCUT2D eigenvalue weighted by molar-refractivity contribution is 0.425. The molecule has 5 rings (SSSR count). The zero-order valence-corrected chi connectivity index (χ0v) is 19.5. The van der Waals surface area contributed by atoms with Crippen LogP contribution in [0.15, 0.2) is 77.7 Å². The van der Waals surface area contributed by atoms with Gasteiger partial charge in [-0.3, -0.25) is 4.72 Å². The van der Waals surface area contributed by atoms with Crippen LogP contribution in [0.3, 0.4) is 0 Å². The van der Waals surface area contributed by atoms with E-state index in [1.54, 1.807) is 12.1 Å². The minimum absolute atomic E-state index is 0.123. The van der Waals surface area contributed by atoms with Crippen molar-refractivity contribution < 1.29 is 8.42 Å². The van der Waals surface area contributed by atoms with E-state index in [1.165, 1.54) is 0 Å². The molecule has 0 radical (unpaired) electrons. The first-order chi connectivity index (χ1) is 15.3. The van der Waals surface area contributed by atoms with Crippen LogP contribution in [0, 0.1) is 19.8 Å². The Morgan fingerprint density at radius 2 is 1.84 bits per heavy atom. The van der Waals surface area contributed by atoms with Gasteiger partial charge in [0, 0.05) is 22.3 Å². The van der Waals surface area contributed by atoms with E-state index >= 15 is 0 Å². The summed E-state index contributed by atoms with van der Waals surface area (Å²) in [5.74, 6) is 0.471. The Kier molecular flexibility index (Phi) is 5.26. The van der Waals surface area contributed by atoms with Crippen LogP contribution in [0.4, 0.5) is 11.4 Å². The van der Waals surface area contributed by atoms with Gasteiger partial charge >= 0.3 is 0 Å². The molecule has 1 aliphatic carbocycles. The maximum Gasteiger partial charge on any atom is 0.261 e. The average Bonchev–Trinajstić information content (AvgIpc) is 3.25. The molecule has 3 aromatic rings. The third-order valence-electron chi connectivity index (χ3n) is 6.61. The first-order valence-electron chi connectivity index (χ1n) is 10.7. The van der Waals surface area contributed by atoms with Crippen molar-refractivity contribution in [2.75, 3.05) is 10.0 Å². The quantitative estimate of drug-likeness (QED) is 0.428. The van der Waals surface area contributed by atoms with Crippen LogP contribution >= 0.6 is 11.6 Å². The summed E-state index contributed by atoms with van der Waals surface area (Å²) >= 11 is 6.25. The Balaban J connectivity index is 1.49. The van der Waals surface area contributed by atoms with Crippen molar-refractivity contribution in [3.05, 3.63) is 100 Å². The van der Waals surface area contributed by atoms with Crippen LogP contribution in [-0.2, 0) is 10.0 Å². The first-order valence-corrected chi connectivity index (χ1v) is 12.6. The number of aryl methyl sites for hydroxylation is 2. The second-order valence-corrected chi connectivity index (χ2v) is 10.8. The largest absolute Gasteiger partial charge is 0.378 e. The van der Waals surface area contributed by atoms with Crippen molar-refractivity contribution in [1.29, 1.82) is 0 Å². The molecule has 0 saturated carbocycles. The topological polar surface area (TPSA) is 58.2 Å².